The first-order valence-electron chi connectivity index (χ1n) is 8.41. The summed E-state index contributed by atoms with van der Waals surface area (Å²) in [7, 11) is 0. The summed E-state index contributed by atoms with van der Waals surface area (Å²) < 4.78 is 13.4. The maximum absolute atomic E-state index is 13.4. The summed E-state index contributed by atoms with van der Waals surface area (Å²) in [4.78, 5) is 15.1. The van der Waals surface area contributed by atoms with E-state index in [0.717, 1.165) is 26.1 Å². The summed E-state index contributed by atoms with van der Waals surface area (Å²) in [5.41, 5.74) is 2.26. The Morgan fingerprint density at radius 3 is 2.83 bits per heavy atom. The number of amides is 1. The van der Waals surface area contributed by atoms with Crippen molar-refractivity contribution in [2.24, 2.45) is 11.3 Å². The molecule has 1 saturated carbocycles. The molecule has 2 fully saturated rings. The third-order valence-corrected chi connectivity index (χ3v) is 5.33. The summed E-state index contributed by atoms with van der Waals surface area (Å²) in [5.74, 6) is 0.280. The van der Waals surface area contributed by atoms with Crippen LogP contribution in [0.1, 0.15) is 17.5 Å². The van der Waals surface area contributed by atoms with E-state index in [9.17, 15) is 9.18 Å². The normalized spacial score (nSPS) is 25.3. The minimum atomic E-state index is -0.253. The van der Waals surface area contributed by atoms with E-state index >= 15 is 0 Å². The van der Waals surface area contributed by atoms with Crippen molar-refractivity contribution in [2.75, 3.05) is 18.4 Å². The van der Waals surface area contributed by atoms with Gasteiger partial charge in [-0.2, -0.15) is 0 Å². The molecule has 0 aromatic heterocycles. The van der Waals surface area contributed by atoms with Crippen molar-refractivity contribution in [1.29, 1.82) is 0 Å². The Balaban J connectivity index is 1.41. The van der Waals surface area contributed by atoms with Gasteiger partial charge in [0, 0.05) is 25.3 Å². The lowest BCUT2D eigenvalue weighted by Gasteiger charge is -2.20. The van der Waals surface area contributed by atoms with Crippen molar-refractivity contribution in [1.82, 2.24) is 4.90 Å². The molecule has 2 aromatic carbocycles. The third-order valence-electron chi connectivity index (χ3n) is 5.33. The van der Waals surface area contributed by atoms with Crippen LogP contribution in [-0.4, -0.2) is 23.9 Å². The highest BCUT2D eigenvalue weighted by molar-refractivity contribution is 5.98. The Labute approximate surface area is 141 Å². The molecule has 1 aliphatic heterocycles. The molecule has 2 aromatic rings. The number of piperidine rings is 1. The van der Waals surface area contributed by atoms with E-state index in [1.807, 2.05) is 18.2 Å². The average Bonchev–Trinajstić information content (AvgIpc) is 3.15. The van der Waals surface area contributed by atoms with Crippen LogP contribution in [0.3, 0.4) is 0 Å². The maximum Gasteiger partial charge on any atom is 0.232 e. The minimum absolute atomic E-state index is 0.0778. The van der Waals surface area contributed by atoms with Crippen LogP contribution >= 0.6 is 0 Å². The molecule has 4 rings (SSSR count). The van der Waals surface area contributed by atoms with Crippen molar-refractivity contribution in [3.05, 3.63) is 65.5 Å². The lowest BCUT2D eigenvalue weighted by atomic mass is 10.0. The number of anilines is 1. The molecule has 4 heteroatoms. The first-order valence-corrected chi connectivity index (χ1v) is 8.41. The van der Waals surface area contributed by atoms with Gasteiger partial charge in [0.2, 0.25) is 5.91 Å². The standard InChI is InChI=1S/C20H21FN2O/c1-14-9-17(7-8-18(14)21)22-19(24)20-10-16(20)12-23(13-20)11-15-5-3-2-4-6-15/h2-9,16H,10-13H2,1H3,(H,22,24). The van der Waals surface area contributed by atoms with Crippen LogP contribution in [0.4, 0.5) is 10.1 Å². The van der Waals surface area contributed by atoms with Gasteiger partial charge >= 0.3 is 0 Å². The van der Waals surface area contributed by atoms with Gasteiger partial charge < -0.3 is 5.32 Å². The Kier molecular flexibility index (Phi) is 3.65. The molecular formula is C20H21FN2O. The molecule has 1 heterocycles. The summed E-state index contributed by atoms with van der Waals surface area (Å²) in [6.45, 7) is 4.38. The fourth-order valence-electron chi connectivity index (χ4n) is 3.88. The fraction of sp³-hybridized carbons (Fsp3) is 0.350. The van der Waals surface area contributed by atoms with Crippen molar-refractivity contribution in [2.45, 2.75) is 19.9 Å². The van der Waals surface area contributed by atoms with Crippen molar-refractivity contribution < 1.29 is 9.18 Å². The molecule has 2 atom stereocenters. The third kappa shape index (κ3) is 2.71. The summed E-state index contributed by atoms with van der Waals surface area (Å²) in [6.07, 6.45) is 0.963. The van der Waals surface area contributed by atoms with E-state index in [4.69, 9.17) is 0 Å². The highest BCUT2D eigenvalue weighted by Crippen LogP contribution is 2.58. The highest BCUT2D eigenvalue weighted by atomic mass is 19.1. The van der Waals surface area contributed by atoms with Crippen molar-refractivity contribution >= 4 is 11.6 Å². The van der Waals surface area contributed by atoms with Crippen LogP contribution in [0.5, 0.6) is 0 Å². The van der Waals surface area contributed by atoms with E-state index < -0.39 is 0 Å². The molecule has 0 spiro atoms. The van der Waals surface area contributed by atoms with E-state index in [-0.39, 0.29) is 17.1 Å². The molecule has 2 aliphatic rings. The van der Waals surface area contributed by atoms with Gasteiger partial charge in [0.15, 0.2) is 0 Å². The van der Waals surface area contributed by atoms with Gasteiger partial charge in [-0.05, 0) is 48.6 Å². The van der Waals surface area contributed by atoms with Crippen LogP contribution < -0.4 is 5.32 Å². The molecule has 124 valence electrons. The number of carbonyl (C=O) groups excluding carboxylic acids is 1. The summed E-state index contributed by atoms with van der Waals surface area (Å²) in [6, 6.07) is 15.1. The molecule has 2 unspecified atom stereocenters. The highest BCUT2D eigenvalue weighted by Gasteiger charge is 2.64. The number of rotatable bonds is 4. The number of likely N-dealkylation sites (tertiary alicyclic amines) is 1. The van der Waals surface area contributed by atoms with Gasteiger partial charge in [-0.3, -0.25) is 9.69 Å². The molecule has 1 aliphatic carbocycles. The average molecular weight is 324 g/mol. The number of hydrogen-bond acceptors (Lipinski definition) is 2. The molecule has 3 nitrogen and oxygen atoms in total. The Hall–Kier alpha value is -2.20. The number of nitrogens with one attached hydrogen (secondary N) is 1. The van der Waals surface area contributed by atoms with Crippen LogP contribution in [0.2, 0.25) is 0 Å². The van der Waals surface area contributed by atoms with Gasteiger partial charge in [-0.1, -0.05) is 30.3 Å². The van der Waals surface area contributed by atoms with E-state index in [2.05, 4.69) is 22.3 Å². The van der Waals surface area contributed by atoms with Gasteiger partial charge in [-0.25, -0.2) is 4.39 Å². The predicted octanol–water partition coefficient (Wildman–Crippen LogP) is 3.59. The first kappa shape index (κ1) is 15.3. The number of aryl methyl sites for hydroxylation is 1. The summed E-state index contributed by atoms with van der Waals surface area (Å²) in [5, 5.41) is 2.99. The number of benzene rings is 2. The first-order chi connectivity index (χ1) is 11.6. The second kappa shape index (κ2) is 5.71. The van der Waals surface area contributed by atoms with Crippen LogP contribution in [0.15, 0.2) is 48.5 Å². The second-order valence-corrected chi connectivity index (χ2v) is 7.13. The van der Waals surface area contributed by atoms with Gasteiger partial charge in [0.25, 0.3) is 0 Å². The van der Waals surface area contributed by atoms with Crippen molar-refractivity contribution in [3.8, 4) is 0 Å². The Bertz CT molecular complexity index is 776. The molecular weight excluding hydrogens is 303 g/mol. The van der Waals surface area contributed by atoms with Crippen LogP contribution in [-0.2, 0) is 11.3 Å². The van der Waals surface area contributed by atoms with E-state index in [1.54, 1.807) is 19.1 Å². The lowest BCUT2D eigenvalue weighted by molar-refractivity contribution is -0.121. The van der Waals surface area contributed by atoms with Gasteiger partial charge in [-0.15, -0.1) is 0 Å². The maximum atomic E-state index is 13.4. The molecule has 0 bridgehead atoms. The zero-order valence-electron chi connectivity index (χ0n) is 13.8. The molecule has 1 N–H and O–H groups in total. The lowest BCUT2D eigenvalue weighted by Crippen LogP contribution is -2.32. The number of nitrogens with zero attached hydrogens (tertiary/aromatic N) is 1. The topological polar surface area (TPSA) is 32.3 Å². The molecule has 0 radical (unpaired) electrons. The monoisotopic (exact) mass is 324 g/mol. The zero-order valence-corrected chi connectivity index (χ0v) is 13.8. The second-order valence-electron chi connectivity index (χ2n) is 7.13. The molecule has 1 saturated heterocycles. The Morgan fingerprint density at radius 2 is 2.08 bits per heavy atom. The van der Waals surface area contributed by atoms with Crippen molar-refractivity contribution in [3.63, 3.8) is 0 Å². The number of carbonyl (C=O) groups is 1. The fourth-order valence-corrected chi connectivity index (χ4v) is 3.88. The van der Waals surface area contributed by atoms with Gasteiger partial charge in [0.05, 0.1) is 5.41 Å². The van der Waals surface area contributed by atoms with Gasteiger partial charge in [0.1, 0.15) is 5.82 Å². The molecule has 24 heavy (non-hydrogen) atoms. The number of hydrogen-bond donors (Lipinski definition) is 1. The quantitative estimate of drug-likeness (QED) is 0.932. The smallest absolute Gasteiger partial charge is 0.232 e. The molecule has 1 amide bonds. The minimum Gasteiger partial charge on any atom is -0.326 e. The SMILES string of the molecule is Cc1cc(NC(=O)C23CC2CN(Cc2ccccc2)C3)ccc1F. The largest absolute Gasteiger partial charge is 0.326 e. The Morgan fingerprint density at radius 1 is 1.29 bits per heavy atom. The summed E-state index contributed by atoms with van der Waals surface area (Å²) >= 11 is 0. The van der Waals surface area contributed by atoms with E-state index in [0.29, 0.717) is 17.2 Å². The van der Waals surface area contributed by atoms with E-state index in [1.165, 1.54) is 11.6 Å². The van der Waals surface area contributed by atoms with Crippen LogP contribution in [0.25, 0.3) is 0 Å². The number of fused-ring (bicyclic) bond motifs is 1. The predicted molar refractivity (Wildman–Crippen MR) is 92.0 cm³/mol. The van der Waals surface area contributed by atoms with Crippen LogP contribution in [0, 0.1) is 24.1 Å². The zero-order chi connectivity index (χ0) is 16.7. The number of halogens is 1.